The van der Waals surface area contributed by atoms with Crippen molar-refractivity contribution in [1.82, 2.24) is 14.5 Å². The van der Waals surface area contributed by atoms with Gasteiger partial charge in [0.05, 0.1) is 23.4 Å². The van der Waals surface area contributed by atoms with Gasteiger partial charge in [0.1, 0.15) is 0 Å². The van der Waals surface area contributed by atoms with Crippen LogP contribution in [0.1, 0.15) is 18.4 Å². The first-order chi connectivity index (χ1) is 9.11. The van der Waals surface area contributed by atoms with Crippen molar-refractivity contribution in [3.63, 3.8) is 0 Å². The molecule has 5 nitrogen and oxygen atoms in total. The second-order valence-electron chi connectivity index (χ2n) is 4.59. The van der Waals surface area contributed by atoms with Gasteiger partial charge in [0.25, 0.3) is 0 Å². The Balaban J connectivity index is 2.08. The minimum absolute atomic E-state index is 0.0114. The Morgan fingerprint density at radius 1 is 1.53 bits per heavy atom. The Morgan fingerprint density at radius 2 is 2.32 bits per heavy atom. The van der Waals surface area contributed by atoms with E-state index in [4.69, 9.17) is 5.26 Å². The minimum Gasteiger partial charge on any atom is -0.341 e. The van der Waals surface area contributed by atoms with E-state index in [2.05, 4.69) is 4.98 Å². The zero-order valence-electron chi connectivity index (χ0n) is 11.1. The lowest BCUT2D eigenvalue weighted by atomic mass is 10.2. The number of benzene rings is 1. The summed E-state index contributed by atoms with van der Waals surface area (Å²) in [6.07, 6.45) is 2.32. The zero-order chi connectivity index (χ0) is 13.8. The van der Waals surface area contributed by atoms with Crippen molar-refractivity contribution in [2.75, 3.05) is 7.05 Å². The van der Waals surface area contributed by atoms with E-state index in [0.29, 0.717) is 6.54 Å². The molecule has 0 spiro atoms. The smallest absolute Gasteiger partial charge is 0.223 e. The third-order valence-corrected chi connectivity index (χ3v) is 3.09. The van der Waals surface area contributed by atoms with Crippen molar-refractivity contribution in [3.05, 3.63) is 30.1 Å². The highest BCUT2D eigenvalue weighted by Gasteiger charge is 2.09. The predicted octanol–water partition coefficient (Wildman–Crippen LogP) is 1.84. The molecule has 5 heteroatoms. The fourth-order valence-corrected chi connectivity index (χ4v) is 2.00. The standard InChI is InChI=1S/C14H16N4O/c1-17(14(19)4-3-7-15)9-11-5-6-13-12(8-11)16-10-18(13)2/h5-6,8,10H,3-4,9H2,1-2H3. The molecule has 0 unspecified atom stereocenters. The van der Waals surface area contributed by atoms with Gasteiger partial charge in [-0.15, -0.1) is 0 Å². The van der Waals surface area contributed by atoms with E-state index in [1.165, 1.54) is 0 Å². The van der Waals surface area contributed by atoms with Gasteiger partial charge in [0.2, 0.25) is 5.91 Å². The van der Waals surface area contributed by atoms with Crippen LogP contribution in [0, 0.1) is 11.3 Å². The summed E-state index contributed by atoms with van der Waals surface area (Å²) in [4.78, 5) is 17.7. The molecular formula is C14H16N4O. The Labute approximate surface area is 112 Å². The van der Waals surface area contributed by atoms with Crippen molar-refractivity contribution < 1.29 is 4.79 Å². The highest BCUT2D eigenvalue weighted by atomic mass is 16.2. The van der Waals surface area contributed by atoms with Gasteiger partial charge < -0.3 is 9.47 Å². The number of hydrogen-bond acceptors (Lipinski definition) is 3. The molecule has 0 N–H and O–H groups in total. The van der Waals surface area contributed by atoms with Gasteiger partial charge in [-0.05, 0) is 17.7 Å². The molecule has 0 aliphatic rings. The molecule has 2 aromatic rings. The second kappa shape index (κ2) is 5.53. The zero-order valence-corrected chi connectivity index (χ0v) is 11.1. The average molecular weight is 256 g/mol. The SMILES string of the molecule is CN(Cc1ccc2c(c1)ncn2C)C(=O)CCC#N. The van der Waals surface area contributed by atoms with Crippen molar-refractivity contribution >= 4 is 16.9 Å². The molecule has 19 heavy (non-hydrogen) atoms. The van der Waals surface area contributed by atoms with Crippen LogP contribution in [0.2, 0.25) is 0 Å². The van der Waals surface area contributed by atoms with Gasteiger partial charge in [-0.25, -0.2) is 4.98 Å². The number of amides is 1. The quantitative estimate of drug-likeness (QED) is 0.838. The highest BCUT2D eigenvalue weighted by molar-refractivity contribution is 5.77. The molecule has 1 amide bonds. The molecule has 0 bridgehead atoms. The Hall–Kier alpha value is -2.35. The highest BCUT2D eigenvalue weighted by Crippen LogP contribution is 2.15. The number of carbonyl (C=O) groups excluding carboxylic acids is 1. The van der Waals surface area contributed by atoms with Crippen LogP contribution >= 0.6 is 0 Å². The van der Waals surface area contributed by atoms with E-state index < -0.39 is 0 Å². The summed E-state index contributed by atoms with van der Waals surface area (Å²) in [5.41, 5.74) is 3.04. The normalized spacial score (nSPS) is 10.4. The van der Waals surface area contributed by atoms with Gasteiger partial charge in [0, 0.05) is 33.5 Å². The first-order valence-electron chi connectivity index (χ1n) is 6.12. The number of rotatable bonds is 4. The number of imidazole rings is 1. The largest absolute Gasteiger partial charge is 0.341 e. The molecule has 0 saturated heterocycles. The Kier molecular flexibility index (Phi) is 3.81. The molecule has 0 radical (unpaired) electrons. The number of nitriles is 1. The molecule has 0 saturated carbocycles. The van der Waals surface area contributed by atoms with E-state index in [0.717, 1.165) is 16.6 Å². The number of nitrogens with zero attached hydrogens (tertiary/aromatic N) is 4. The molecule has 98 valence electrons. The second-order valence-corrected chi connectivity index (χ2v) is 4.59. The van der Waals surface area contributed by atoms with Gasteiger partial charge in [0.15, 0.2) is 0 Å². The number of hydrogen-bond donors (Lipinski definition) is 0. The summed E-state index contributed by atoms with van der Waals surface area (Å²) >= 11 is 0. The predicted molar refractivity (Wildman–Crippen MR) is 72.0 cm³/mol. The van der Waals surface area contributed by atoms with E-state index in [9.17, 15) is 4.79 Å². The monoisotopic (exact) mass is 256 g/mol. The molecule has 0 aliphatic carbocycles. The Morgan fingerprint density at radius 3 is 3.05 bits per heavy atom. The number of aryl methyl sites for hydroxylation is 1. The third-order valence-electron chi connectivity index (χ3n) is 3.09. The minimum atomic E-state index is -0.0114. The van der Waals surface area contributed by atoms with E-state index >= 15 is 0 Å². The molecule has 1 aromatic heterocycles. The van der Waals surface area contributed by atoms with Crippen LogP contribution in [-0.2, 0) is 18.4 Å². The molecule has 0 aliphatic heterocycles. The lowest BCUT2D eigenvalue weighted by Crippen LogP contribution is -2.25. The molecular weight excluding hydrogens is 240 g/mol. The summed E-state index contributed by atoms with van der Waals surface area (Å²) < 4.78 is 1.96. The first-order valence-corrected chi connectivity index (χ1v) is 6.12. The maximum absolute atomic E-state index is 11.7. The van der Waals surface area contributed by atoms with Crippen LogP contribution in [0.5, 0.6) is 0 Å². The average Bonchev–Trinajstić information content (AvgIpc) is 2.77. The van der Waals surface area contributed by atoms with E-state index in [-0.39, 0.29) is 18.7 Å². The van der Waals surface area contributed by atoms with Crippen LogP contribution < -0.4 is 0 Å². The summed E-state index contributed by atoms with van der Waals surface area (Å²) in [7, 11) is 3.70. The van der Waals surface area contributed by atoms with Gasteiger partial charge in [-0.1, -0.05) is 6.07 Å². The van der Waals surface area contributed by atoms with Crippen LogP contribution in [0.25, 0.3) is 11.0 Å². The van der Waals surface area contributed by atoms with Gasteiger partial charge >= 0.3 is 0 Å². The lowest BCUT2D eigenvalue weighted by molar-refractivity contribution is -0.130. The van der Waals surface area contributed by atoms with E-state index in [1.807, 2.05) is 35.9 Å². The van der Waals surface area contributed by atoms with Crippen LogP contribution in [0.3, 0.4) is 0 Å². The fraction of sp³-hybridized carbons (Fsp3) is 0.357. The van der Waals surface area contributed by atoms with Crippen LogP contribution in [-0.4, -0.2) is 27.4 Å². The number of carbonyl (C=O) groups is 1. The molecule has 2 rings (SSSR count). The van der Waals surface area contributed by atoms with Crippen LogP contribution in [0.15, 0.2) is 24.5 Å². The maximum Gasteiger partial charge on any atom is 0.223 e. The van der Waals surface area contributed by atoms with Crippen LogP contribution in [0.4, 0.5) is 0 Å². The van der Waals surface area contributed by atoms with Crippen molar-refractivity contribution in [2.24, 2.45) is 7.05 Å². The molecule has 0 atom stereocenters. The third kappa shape index (κ3) is 2.91. The summed E-state index contributed by atoms with van der Waals surface area (Å²) in [6.45, 7) is 0.538. The number of fused-ring (bicyclic) bond motifs is 1. The molecule has 1 aromatic carbocycles. The van der Waals surface area contributed by atoms with Crippen molar-refractivity contribution in [2.45, 2.75) is 19.4 Å². The van der Waals surface area contributed by atoms with Crippen molar-refractivity contribution in [3.8, 4) is 6.07 Å². The maximum atomic E-state index is 11.7. The Bertz CT molecular complexity index is 638. The summed E-state index contributed by atoms with van der Waals surface area (Å²) in [5.74, 6) is -0.0114. The van der Waals surface area contributed by atoms with Gasteiger partial charge in [-0.3, -0.25) is 4.79 Å². The van der Waals surface area contributed by atoms with Crippen molar-refractivity contribution in [1.29, 1.82) is 5.26 Å². The van der Waals surface area contributed by atoms with Gasteiger partial charge in [-0.2, -0.15) is 5.26 Å². The molecule has 1 heterocycles. The number of aromatic nitrogens is 2. The molecule has 0 fully saturated rings. The summed E-state index contributed by atoms with van der Waals surface area (Å²) in [5, 5.41) is 8.48. The lowest BCUT2D eigenvalue weighted by Gasteiger charge is -2.16. The first kappa shape index (κ1) is 13.1. The topological polar surface area (TPSA) is 61.9 Å². The van der Waals surface area contributed by atoms with E-state index in [1.54, 1.807) is 18.3 Å². The fourth-order valence-electron chi connectivity index (χ4n) is 2.00. The summed E-state index contributed by atoms with van der Waals surface area (Å²) in [6, 6.07) is 7.98.